The van der Waals surface area contributed by atoms with Crippen molar-refractivity contribution in [2.24, 2.45) is 5.92 Å². The van der Waals surface area contributed by atoms with Crippen LogP contribution in [0.4, 0.5) is 17.6 Å². The van der Waals surface area contributed by atoms with Crippen LogP contribution in [-0.4, -0.2) is 54.5 Å². The Balaban J connectivity index is 0.000000424. The fraction of sp³-hybridized carbons (Fsp3) is 0.690. The second-order valence-electron chi connectivity index (χ2n) is 15.1. The van der Waals surface area contributed by atoms with Crippen LogP contribution < -0.4 is 5.32 Å². The van der Waals surface area contributed by atoms with E-state index in [1.807, 2.05) is 0 Å². The zero-order valence-corrected chi connectivity index (χ0v) is 33.5. The SMILES string of the molecule is CCCCCCCCCCNC1(C#N)CC1.CCCCCCCCCCO[C@H]1C[C@@H](S(=O)(=O)c2ccc(-c3ccc(F)cn3)cc2C(F)(F)F)C[C@@H]1C(=O)O. The summed E-state index contributed by atoms with van der Waals surface area (Å²) in [6, 6.07) is 7.32. The normalized spacial score (nSPS) is 19.0. The number of nitriles is 1. The van der Waals surface area contributed by atoms with Crippen molar-refractivity contribution < 1.29 is 40.6 Å². The zero-order valence-electron chi connectivity index (χ0n) is 32.6. The van der Waals surface area contributed by atoms with E-state index in [-0.39, 0.29) is 36.2 Å². The topological polar surface area (TPSA) is 129 Å². The predicted molar refractivity (Wildman–Crippen MR) is 207 cm³/mol. The van der Waals surface area contributed by atoms with Gasteiger partial charge in [0.1, 0.15) is 11.4 Å². The molecule has 55 heavy (non-hydrogen) atoms. The second kappa shape index (κ2) is 23.2. The first-order valence-corrected chi connectivity index (χ1v) is 21.9. The molecule has 0 amide bonds. The Morgan fingerprint density at radius 3 is 2.00 bits per heavy atom. The molecule has 2 aliphatic rings. The summed E-state index contributed by atoms with van der Waals surface area (Å²) < 4.78 is 87.8. The van der Waals surface area contributed by atoms with Crippen LogP contribution in [0.1, 0.15) is 148 Å². The van der Waals surface area contributed by atoms with Crippen LogP contribution in [0.3, 0.4) is 0 Å². The maximum Gasteiger partial charge on any atom is 0.417 e. The predicted octanol–water partition coefficient (Wildman–Crippen LogP) is 10.8. The number of benzene rings is 1. The number of carboxylic acids is 1. The highest BCUT2D eigenvalue weighted by molar-refractivity contribution is 7.92. The van der Waals surface area contributed by atoms with Crippen molar-refractivity contribution in [2.45, 2.75) is 170 Å². The van der Waals surface area contributed by atoms with Gasteiger partial charge in [-0.2, -0.15) is 18.4 Å². The standard InChI is InChI=1S/C28H35F4NO5S.C14H26N2/c1-2-3-4-5-6-7-8-9-14-38-25-17-21(16-22(25)27(34)35)39(36,37)26-13-10-19(15-23(26)28(30,31)32)24-12-11-20(29)18-33-24;1-2-3-4-5-6-7-8-9-12-16-14(13-15)10-11-14/h10-13,15,18,21-22,25H,2-9,14,16-17H2,1H3,(H,34,35);16H,2-12H2,1H3/t21-,22-,25-;/m0./s1. The van der Waals surface area contributed by atoms with Crippen molar-refractivity contribution in [3.05, 3.63) is 47.9 Å². The van der Waals surface area contributed by atoms with E-state index in [1.54, 1.807) is 0 Å². The van der Waals surface area contributed by atoms with E-state index in [0.29, 0.717) is 12.5 Å². The molecule has 0 saturated heterocycles. The number of aliphatic carboxylic acids is 1. The summed E-state index contributed by atoms with van der Waals surface area (Å²) in [7, 11) is -4.55. The molecular weight excluding hydrogens is 735 g/mol. The van der Waals surface area contributed by atoms with E-state index in [4.69, 9.17) is 10.00 Å². The zero-order chi connectivity index (χ0) is 40.3. The molecule has 8 nitrogen and oxygen atoms in total. The lowest BCUT2D eigenvalue weighted by Gasteiger charge is -2.18. The highest BCUT2D eigenvalue weighted by Gasteiger charge is 2.48. The van der Waals surface area contributed by atoms with Gasteiger partial charge in [-0.1, -0.05) is 110 Å². The quantitative estimate of drug-likeness (QED) is 0.0793. The molecule has 1 aromatic carbocycles. The number of halogens is 4. The molecule has 0 radical (unpaired) electrons. The minimum Gasteiger partial charge on any atom is -0.481 e. The third-order valence-corrected chi connectivity index (χ3v) is 12.9. The molecule has 0 aliphatic heterocycles. The summed E-state index contributed by atoms with van der Waals surface area (Å²) in [4.78, 5) is 14.7. The summed E-state index contributed by atoms with van der Waals surface area (Å²) >= 11 is 0. The molecule has 3 atom stereocenters. The van der Waals surface area contributed by atoms with Gasteiger partial charge >= 0.3 is 12.1 Å². The number of aromatic nitrogens is 1. The van der Waals surface area contributed by atoms with E-state index in [2.05, 4.69) is 30.2 Å². The molecule has 1 aromatic heterocycles. The van der Waals surface area contributed by atoms with Gasteiger partial charge in [-0.3, -0.25) is 15.1 Å². The van der Waals surface area contributed by atoms with Gasteiger partial charge in [0.2, 0.25) is 0 Å². The molecule has 0 spiro atoms. The number of nitrogens with one attached hydrogen (secondary N) is 1. The van der Waals surface area contributed by atoms with Crippen LogP contribution in [0.2, 0.25) is 0 Å². The van der Waals surface area contributed by atoms with Crippen LogP contribution >= 0.6 is 0 Å². The van der Waals surface area contributed by atoms with Gasteiger partial charge in [0.05, 0.1) is 45.7 Å². The van der Waals surface area contributed by atoms with Crippen molar-refractivity contribution in [2.75, 3.05) is 13.2 Å². The number of sulfone groups is 1. The van der Waals surface area contributed by atoms with Crippen LogP contribution in [-0.2, 0) is 25.5 Å². The molecule has 2 fully saturated rings. The summed E-state index contributed by atoms with van der Waals surface area (Å²) in [6.45, 7) is 5.71. The lowest BCUT2D eigenvalue weighted by Crippen LogP contribution is -2.30. The Bertz CT molecular complexity index is 1590. The molecule has 0 unspecified atom stereocenters. The minimum atomic E-state index is -5.00. The van der Waals surface area contributed by atoms with Gasteiger partial charge < -0.3 is 9.84 Å². The van der Waals surface area contributed by atoms with E-state index >= 15 is 0 Å². The van der Waals surface area contributed by atoms with Crippen molar-refractivity contribution in [1.29, 1.82) is 5.26 Å². The first-order chi connectivity index (χ1) is 26.3. The van der Waals surface area contributed by atoms with Crippen LogP contribution in [0.25, 0.3) is 11.3 Å². The maximum atomic E-state index is 14.0. The minimum absolute atomic E-state index is 0.0253. The van der Waals surface area contributed by atoms with Crippen LogP contribution in [0.5, 0.6) is 0 Å². The summed E-state index contributed by atoms with van der Waals surface area (Å²) in [5.41, 5.74) is -1.46. The van der Waals surface area contributed by atoms with Crippen LogP contribution in [0.15, 0.2) is 41.4 Å². The van der Waals surface area contributed by atoms with Gasteiger partial charge in [-0.25, -0.2) is 12.8 Å². The van der Waals surface area contributed by atoms with Gasteiger partial charge in [0, 0.05) is 12.2 Å². The number of unbranched alkanes of at least 4 members (excludes halogenated alkanes) is 14. The molecule has 13 heteroatoms. The largest absolute Gasteiger partial charge is 0.481 e. The summed E-state index contributed by atoms with van der Waals surface area (Å²) in [5, 5.41) is 20.6. The van der Waals surface area contributed by atoms with Gasteiger partial charge in [-0.15, -0.1) is 0 Å². The van der Waals surface area contributed by atoms with E-state index < -0.39 is 55.5 Å². The lowest BCUT2D eigenvalue weighted by molar-refractivity contribution is -0.146. The fourth-order valence-electron chi connectivity index (χ4n) is 7.05. The number of carboxylic acid groups (broad SMARTS) is 1. The number of rotatable bonds is 24. The molecule has 2 aliphatic carbocycles. The number of alkyl halides is 3. The highest BCUT2D eigenvalue weighted by atomic mass is 32.2. The van der Waals surface area contributed by atoms with Crippen molar-refractivity contribution in [3.8, 4) is 17.3 Å². The highest BCUT2D eigenvalue weighted by Crippen LogP contribution is 2.42. The first-order valence-electron chi connectivity index (χ1n) is 20.4. The number of hydrogen-bond acceptors (Lipinski definition) is 7. The average Bonchev–Trinajstić information content (AvgIpc) is 3.81. The third-order valence-electron chi connectivity index (χ3n) is 10.6. The van der Waals surface area contributed by atoms with Crippen LogP contribution in [0, 0.1) is 23.1 Å². The number of pyridine rings is 1. The van der Waals surface area contributed by atoms with Gasteiger partial charge in [0.15, 0.2) is 9.84 Å². The van der Waals surface area contributed by atoms with E-state index in [9.17, 15) is 35.9 Å². The smallest absolute Gasteiger partial charge is 0.417 e. The fourth-order valence-corrected chi connectivity index (χ4v) is 9.05. The number of hydrogen-bond donors (Lipinski definition) is 2. The molecule has 4 rings (SSSR count). The summed E-state index contributed by atoms with van der Waals surface area (Å²) in [6.07, 6.45) is 15.9. The van der Waals surface area contributed by atoms with Gasteiger partial charge in [0.25, 0.3) is 0 Å². The van der Waals surface area contributed by atoms with Crippen molar-refractivity contribution in [3.63, 3.8) is 0 Å². The Kier molecular flexibility index (Phi) is 19.6. The molecule has 2 N–H and O–H groups in total. The Labute approximate surface area is 325 Å². The average molecular weight is 796 g/mol. The first kappa shape index (κ1) is 46.3. The molecule has 0 bridgehead atoms. The molecule has 2 aromatic rings. The van der Waals surface area contributed by atoms with E-state index in [0.717, 1.165) is 57.0 Å². The van der Waals surface area contributed by atoms with Crippen molar-refractivity contribution >= 4 is 15.8 Å². The third kappa shape index (κ3) is 15.4. The van der Waals surface area contributed by atoms with E-state index in [1.165, 1.54) is 89.2 Å². The lowest BCUT2D eigenvalue weighted by atomic mass is 10.1. The Morgan fingerprint density at radius 1 is 0.909 bits per heavy atom. The van der Waals surface area contributed by atoms with Gasteiger partial charge in [-0.05, 0) is 69.3 Å². The molecule has 2 saturated carbocycles. The Morgan fingerprint density at radius 2 is 1.49 bits per heavy atom. The molecular formula is C42H61F4N3O5S. The Hall–Kier alpha value is -3.08. The molecule has 1 heterocycles. The monoisotopic (exact) mass is 795 g/mol. The second-order valence-corrected chi connectivity index (χ2v) is 17.3. The molecule has 308 valence electrons. The van der Waals surface area contributed by atoms with Crippen molar-refractivity contribution in [1.82, 2.24) is 10.3 Å². The number of nitrogens with zero attached hydrogens (tertiary/aromatic N) is 2. The number of ether oxygens (including phenoxy) is 1. The maximum absolute atomic E-state index is 14.0. The number of carbonyl (C=O) groups is 1. The summed E-state index contributed by atoms with van der Waals surface area (Å²) in [5.74, 6) is -3.03.